The second-order valence-corrected chi connectivity index (χ2v) is 6.84. The van der Waals surface area contributed by atoms with Gasteiger partial charge in [0, 0.05) is 0 Å². The standard InChI is InChI=1S/C22H20F3NO/c1-2-15-3-5-16(6-4-15)17-8-11-20(12-9-17)27-22(24,25)19-10-7-18(14-26)21(23)13-19/h2,7-13,15-16H,1,3-6H2. The lowest BCUT2D eigenvalue weighted by Crippen LogP contribution is -2.22. The Kier molecular flexibility index (Phi) is 5.55. The van der Waals surface area contributed by atoms with Gasteiger partial charge in [0.2, 0.25) is 0 Å². The molecular formula is C22H20F3NO. The molecule has 1 fully saturated rings. The minimum absolute atomic E-state index is 0.00768. The summed E-state index contributed by atoms with van der Waals surface area (Å²) in [4.78, 5) is 0. The van der Waals surface area contributed by atoms with E-state index in [2.05, 4.69) is 6.58 Å². The third kappa shape index (κ3) is 4.33. The summed E-state index contributed by atoms with van der Waals surface area (Å²) in [6.07, 6.45) is 2.60. The van der Waals surface area contributed by atoms with Crippen molar-refractivity contribution in [3.8, 4) is 11.8 Å². The highest BCUT2D eigenvalue weighted by Gasteiger charge is 2.35. The van der Waals surface area contributed by atoms with Gasteiger partial charge in [-0.05, 0) is 73.4 Å². The van der Waals surface area contributed by atoms with Crippen molar-refractivity contribution in [1.29, 1.82) is 5.26 Å². The minimum atomic E-state index is -3.70. The van der Waals surface area contributed by atoms with Crippen molar-refractivity contribution in [3.05, 3.63) is 77.6 Å². The highest BCUT2D eigenvalue weighted by molar-refractivity contribution is 5.35. The van der Waals surface area contributed by atoms with Crippen molar-refractivity contribution in [1.82, 2.24) is 0 Å². The number of benzene rings is 2. The Hall–Kier alpha value is -2.74. The third-order valence-corrected chi connectivity index (χ3v) is 5.13. The summed E-state index contributed by atoms with van der Waals surface area (Å²) in [7, 11) is 0. The average Bonchev–Trinajstić information content (AvgIpc) is 2.68. The van der Waals surface area contributed by atoms with Crippen LogP contribution in [0.2, 0.25) is 0 Å². The van der Waals surface area contributed by atoms with Crippen LogP contribution in [0.1, 0.15) is 48.3 Å². The lowest BCUT2D eigenvalue weighted by molar-refractivity contribution is -0.185. The fraction of sp³-hybridized carbons (Fsp3) is 0.318. The molecule has 0 saturated heterocycles. The summed E-state index contributed by atoms with van der Waals surface area (Å²) in [5.74, 6) is -0.00390. The Labute approximate surface area is 156 Å². The minimum Gasteiger partial charge on any atom is -0.429 e. The van der Waals surface area contributed by atoms with Crippen molar-refractivity contribution in [2.75, 3.05) is 0 Å². The second kappa shape index (κ2) is 7.87. The fourth-order valence-electron chi connectivity index (χ4n) is 3.49. The number of hydrogen-bond acceptors (Lipinski definition) is 2. The molecule has 1 saturated carbocycles. The Morgan fingerprint density at radius 2 is 1.74 bits per heavy atom. The van der Waals surface area contributed by atoms with Gasteiger partial charge in [0.05, 0.1) is 11.1 Å². The van der Waals surface area contributed by atoms with Crippen LogP contribution in [-0.4, -0.2) is 0 Å². The van der Waals surface area contributed by atoms with Crippen molar-refractivity contribution in [2.45, 2.75) is 37.7 Å². The van der Waals surface area contributed by atoms with E-state index in [-0.39, 0.29) is 11.3 Å². The molecule has 140 valence electrons. The number of rotatable bonds is 5. The third-order valence-electron chi connectivity index (χ3n) is 5.13. The molecule has 0 heterocycles. The van der Waals surface area contributed by atoms with Crippen molar-refractivity contribution in [2.24, 2.45) is 5.92 Å². The molecule has 0 unspecified atom stereocenters. The smallest absolute Gasteiger partial charge is 0.426 e. The molecule has 0 bridgehead atoms. The molecular weight excluding hydrogens is 351 g/mol. The molecule has 0 aliphatic heterocycles. The SMILES string of the molecule is C=CC1CCC(c2ccc(OC(F)(F)c3ccc(C#N)c(F)c3)cc2)CC1. The van der Waals surface area contributed by atoms with Gasteiger partial charge < -0.3 is 4.74 Å². The van der Waals surface area contributed by atoms with Crippen molar-refractivity contribution < 1.29 is 17.9 Å². The summed E-state index contributed by atoms with van der Waals surface area (Å²) >= 11 is 0. The van der Waals surface area contributed by atoms with E-state index >= 15 is 0 Å². The largest absolute Gasteiger partial charge is 0.429 e. The van der Waals surface area contributed by atoms with E-state index in [0.29, 0.717) is 17.9 Å². The van der Waals surface area contributed by atoms with E-state index in [1.165, 1.54) is 12.1 Å². The maximum atomic E-state index is 14.3. The number of ether oxygens (including phenoxy) is 1. The van der Waals surface area contributed by atoms with E-state index in [4.69, 9.17) is 10.00 Å². The van der Waals surface area contributed by atoms with Crippen LogP contribution in [-0.2, 0) is 6.11 Å². The van der Waals surface area contributed by atoms with E-state index < -0.39 is 17.5 Å². The molecule has 5 heteroatoms. The van der Waals surface area contributed by atoms with Crippen molar-refractivity contribution in [3.63, 3.8) is 0 Å². The number of nitrogens with zero attached hydrogens (tertiary/aromatic N) is 1. The Morgan fingerprint density at radius 1 is 1.07 bits per heavy atom. The highest BCUT2D eigenvalue weighted by Crippen LogP contribution is 2.37. The molecule has 0 N–H and O–H groups in total. The molecule has 0 atom stereocenters. The molecule has 0 spiro atoms. The van der Waals surface area contributed by atoms with Gasteiger partial charge >= 0.3 is 6.11 Å². The quantitative estimate of drug-likeness (QED) is 0.579. The van der Waals surface area contributed by atoms with Crippen LogP contribution in [0.25, 0.3) is 0 Å². The van der Waals surface area contributed by atoms with Gasteiger partial charge in [0.1, 0.15) is 17.6 Å². The van der Waals surface area contributed by atoms with Gasteiger partial charge in [0.15, 0.2) is 0 Å². The maximum Gasteiger partial charge on any atom is 0.426 e. The van der Waals surface area contributed by atoms with E-state index in [1.54, 1.807) is 6.07 Å². The fourth-order valence-corrected chi connectivity index (χ4v) is 3.49. The van der Waals surface area contributed by atoms with Crippen molar-refractivity contribution >= 4 is 0 Å². The lowest BCUT2D eigenvalue weighted by atomic mass is 9.79. The molecule has 0 radical (unpaired) electrons. The first-order valence-corrected chi connectivity index (χ1v) is 8.92. The van der Waals surface area contributed by atoms with Gasteiger partial charge in [0.25, 0.3) is 0 Å². The zero-order valence-corrected chi connectivity index (χ0v) is 14.8. The van der Waals surface area contributed by atoms with Crippen LogP contribution in [0.3, 0.4) is 0 Å². The number of halogens is 3. The first kappa shape index (κ1) is 19.0. The van der Waals surface area contributed by atoms with Crippen LogP contribution in [0.4, 0.5) is 13.2 Å². The summed E-state index contributed by atoms with van der Waals surface area (Å²) in [5, 5.41) is 8.70. The van der Waals surface area contributed by atoms with Gasteiger partial charge in [-0.2, -0.15) is 14.0 Å². The summed E-state index contributed by atoms with van der Waals surface area (Å²) < 4.78 is 47.0. The molecule has 27 heavy (non-hydrogen) atoms. The molecule has 2 aromatic rings. The Balaban J connectivity index is 1.69. The zero-order chi connectivity index (χ0) is 19.4. The molecule has 0 amide bonds. The molecule has 1 aliphatic carbocycles. The highest BCUT2D eigenvalue weighted by atomic mass is 19.3. The van der Waals surface area contributed by atoms with Crippen LogP contribution in [0.5, 0.6) is 5.75 Å². The van der Waals surface area contributed by atoms with E-state index in [1.807, 2.05) is 18.2 Å². The lowest BCUT2D eigenvalue weighted by Gasteiger charge is -2.27. The molecule has 2 nitrogen and oxygen atoms in total. The first-order chi connectivity index (χ1) is 12.9. The van der Waals surface area contributed by atoms with Gasteiger partial charge in [-0.25, -0.2) is 4.39 Å². The average molecular weight is 371 g/mol. The van der Waals surface area contributed by atoms with Crippen LogP contribution >= 0.6 is 0 Å². The molecule has 3 rings (SSSR count). The molecule has 0 aromatic heterocycles. The predicted octanol–water partition coefficient (Wildman–Crippen LogP) is 6.29. The summed E-state index contributed by atoms with van der Waals surface area (Å²) in [6, 6.07) is 10.9. The van der Waals surface area contributed by atoms with E-state index in [9.17, 15) is 13.2 Å². The van der Waals surface area contributed by atoms with Gasteiger partial charge in [-0.3, -0.25) is 0 Å². The number of alkyl halides is 2. The van der Waals surface area contributed by atoms with Crippen LogP contribution in [0, 0.1) is 23.1 Å². The van der Waals surface area contributed by atoms with Crippen LogP contribution < -0.4 is 4.74 Å². The number of nitriles is 1. The normalized spacial score (nSPS) is 19.9. The molecule has 1 aliphatic rings. The predicted molar refractivity (Wildman–Crippen MR) is 97.0 cm³/mol. The van der Waals surface area contributed by atoms with Crippen LogP contribution in [0.15, 0.2) is 55.1 Å². The summed E-state index contributed by atoms with van der Waals surface area (Å²) in [6.45, 7) is 3.84. The Bertz CT molecular complexity index is 847. The molecule has 2 aromatic carbocycles. The summed E-state index contributed by atoms with van der Waals surface area (Å²) in [5.41, 5.74) is 0.188. The second-order valence-electron chi connectivity index (χ2n) is 6.84. The van der Waals surface area contributed by atoms with Gasteiger partial charge in [-0.15, -0.1) is 6.58 Å². The van der Waals surface area contributed by atoms with Gasteiger partial charge in [-0.1, -0.05) is 18.2 Å². The monoisotopic (exact) mass is 371 g/mol. The first-order valence-electron chi connectivity index (χ1n) is 8.92. The maximum absolute atomic E-state index is 14.3. The Morgan fingerprint density at radius 3 is 2.30 bits per heavy atom. The topological polar surface area (TPSA) is 33.0 Å². The number of hydrogen-bond donors (Lipinski definition) is 0. The number of allylic oxidation sites excluding steroid dienone is 1. The van der Waals surface area contributed by atoms with E-state index in [0.717, 1.165) is 43.4 Å². The zero-order valence-electron chi connectivity index (χ0n) is 14.8.